The van der Waals surface area contributed by atoms with Crippen molar-refractivity contribution in [1.82, 2.24) is 20.4 Å². The molecule has 0 aromatic heterocycles. The number of piperidine rings is 1. The van der Waals surface area contributed by atoms with E-state index in [4.69, 9.17) is 23.9 Å². The lowest BCUT2D eigenvalue weighted by atomic mass is 9.95. The Labute approximate surface area is 315 Å². The number of rotatable bonds is 10. The Kier molecular flexibility index (Phi) is 13.7. The van der Waals surface area contributed by atoms with Crippen molar-refractivity contribution in [2.24, 2.45) is 10.9 Å². The zero-order chi connectivity index (χ0) is 39.6. The van der Waals surface area contributed by atoms with E-state index >= 15 is 0 Å². The predicted octanol–water partition coefficient (Wildman–Crippen LogP) is 5.27. The Hall–Kier alpha value is -5.54. The van der Waals surface area contributed by atoms with E-state index in [0.29, 0.717) is 49.5 Å². The molecule has 2 fully saturated rings. The first-order valence-corrected chi connectivity index (χ1v) is 17.9. The molecule has 54 heavy (non-hydrogen) atoms. The van der Waals surface area contributed by atoms with Crippen molar-refractivity contribution in [3.63, 3.8) is 0 Å². The molecule has 16 heteroatoms. The molecule has 0 radical (unpaired) electrons. The molecule has 4 amide bonds. The number of aliphatic imine (C=N–C) groups is 1. The van der Waals surface area contributed by atoms with Crippen LogP contribution in [0, 0.1) is 5.92 Å². The Balaban J connectivity index is 1.44. The van der Waals surface area contributed by atoms with Crippen molar-refractivity contribution in [3.05, 3.63) is 54.1 Å². The van der Waals surface area contributed by atoms with E-state index in [-0.39, 0.29) is 38.1 Å². The van der Waals surface area contributed by atoms with Crippen molar-refractivity contribution in [3.8, 4) is 5.75 Å². The second kappa shape index (κ2) is 18.0. The molecular weight excluding hydrogens is 700 g/mol. The first kappa shape index (κ1) is 41.2. The summed E-state index contributed by atoms with van der Waals surface area (Å²) in [7, 11) is 1.55. The Morgan fingerprint density at radius 2 is 1.46 bits per heavy atom. The zero-order valence-electron chi connectivity index (χ0n) is 32.0. The third-order valence-corrected chi connectivity index (χ3v) is 8.36. The fraction of sp³-hybridized carbons (Fsp3) is 0.526. The summed E-state index contributed by atoms with van der Waals surface area (Å²) in [6.07, 6.45) is -0.793. The van der Waals surface area contributed by atoms with Gasteiger partial charge in [-0.05, 0) is 84.6 Å². The molecule has 1 unspecified atom stereocenters. The smallest absolute Gasteiger partial charge is 0.417 e. The van der Waals surface area contributed by atoms with Gasteiger partial charge in [0, 0.05) is 38.6 Å². The van der Waals surface area contributed by atoms with Gasteiger partial charge in [0.15, 0.2) is 0 Å². The fourth-order valence-electron chi connectivity index (χ4n) is 5.78. The maximum Gasteiger partial charge on any atom is 0.417 e. The number of nitrogens with one attached hydrogen (secondary N) is 2. The quantitative estimate of drug-likeness (QED) is 0.268. The van der Waals surface area contributed by atoms with Gasteiger partial charge in [-0.25, -0.2) is 34.0 Å². The number of aliphatic carboxylic acids is 1. The minimum Gasteiger partial charge on any atom is -0.495 e. The third kappa shape index (κ3) is 12.0. The lowest BCUT2D eigenvalue weighted by Gasteiger charge is -2.37. The molecule has 1 atom stereocenters. The molecule has 2 saturated heterocycles. The van der Waals surface area contributed by atoms with Crippen molar-refractivity contribution < 1.29 is 48.0 Å². The first-order chi connectivity index (χ1) is 25.4. The summed E-state index contributed by atoms with van der Waals surface area (Å²) in [6, 6.07) is 12.8. The number of carbonyl (C=O) groups is 5. The molecule has 16 nitrogen and oxygen atoms in total. The number of carboxylic acid groups (broad SMARTS) is 1. The first-order valence-electron chi connectivity index (χ1n) is 17.9. The van der Waals surface area contributed by atoms with E-state index in [1.165, 1.54) is 9.80 Å². The van der Waals surface area contributed by atoms with Crippen LogP contribution in [0.2, 0.25) is 0 Å². The highest BCUT2D eigenvalue weighted by atomic mass is 16.6. The van der Waals surface area contributed by atoms with Crippen LogP contribution in [-0.4, -0.2) is 108 Å². The van der Waals surface area contributed by atoms with E-state index in [0.717, 1.165) is 5.56 Å². The number of benzene rings is 2. The van der Waals surface area contributed by atoms with Crippen molar-refractivity contribution in [2.75, 3.05) is 44.7 Å². The van der Waals surface area contributed by atoms with Crippen LogP contribution in [0.15, 0.2) is 53.5 Å². The van der Waals surface area contributed by atoms with Gasteiger partial charge in [0.05, 0.1) is 18.5 Å². The number of anilines is 1. The number of guanidine groups is 1. The molecule has 4 rings (SSSR count). The largest absolute Gasteiger partial charge is 0.495 e. The summed E-state index contributed by atoms with van der Waals surface area (Å²) >= 11 is 0. The second-order valence-corrected chi connectivity index (χ2v) is 15.0. The predicted molar refractivity (Wildman–Crippen MR) is 200 cm³/mol. The highest BCUT2D eigenvalue weighted by Crippen LogP contribution is 2.35. The lowest BCUT2D eigenvalue weighted by Crippen LogP contribution is -2.56. The Morgan fingerprint density at radius 3 is 2.00 bits per heavy atom. The number of alkyl carbamates (subject to hydrolysis) is 1. The minimum absolute atomic E-state index is 0.0276. The number of ether oxygens (including phenoxy) is 4. The molecule has 0 spiro atoms. The summed E-state index contributed by atoms with van der Waals surface area (Å²) in [5, 5.41) is 14.6. The monoisotopic (exact) mass is 752 g/mol. The number of hydrogen-bond acceptors (Lipinski definition) is 11. The van der Waals surface area contributed by atoms with Crippen LogP contribution < -0.4 is 20.3 Å². The van der Waals surface area contributed by atoms with Crippen molar-refractivity contribution in [2.45, 2.75) is 84.7 Å². The van der Waals surface area contributed by atoms with Crippen LogP contribution in [0.3, 0.4) is 0 Å². The van der Waals surface area contributed by atoms with Crippen LogP contribution in [0.1, 0.15) is 66.4 Å². The Bertz CT molecular complexity index is 1640. The molecule has 2 heterocycles. The average Bonchev–Trinajstić information content (AvgIpc) is 3.11. The van der Waals surface area contributed by atoms with E-state index in [2.05, 4.69) is 15.5 Å². The van der Waals surface area contributed by atoms with Gasteiger partial charge in [0.25, 0.3) is 0 Å². The van der Waals surface area contributed by atoms with Crippen LogP contribution >= 0.6 is 0 Å². The number of nitrogens with zero attached hydrogens (tertiary/aromatic N) is 4. The molecule has 294 valence electrons. The second-order valence-electron chi connectivity index (χ2n) is 15.0. The van der Waals surface area contributed by atoms with Gasteiger partial charge in [-0.3, -0.25) is 4.79 Å². The van der Waals surface area contributed by atoms with Crippen LogP contribution in [0.4, 0.5) is 25.8 Å². The van der Waals surface area contributed by atoms with Gasteiger partial charge < -0.3 is 39.6 Å². The molecule has 2 aromatic rings. The SMILES string of the molecule is COc1ccc(N=C2N(C(=O)OC(C)(C)C)CCCN2C(=O)OC(C)(C)C)cc1N1CCC(C(=O)NCC(NC(=O)OCc2ccccc2)C(=O)O)CC1. The van der Waals surface area contributed by atoms with Crippen LogP contribution in [0.5, 0.6) is 5.75 Å². The van der Waals surface area contributed by atoms with Crippen molar-refractivity contribution in [1.29, 1.82) is 0 Å². The highest BCUT2D eigenvalue weighted by molar-refractivity contribution is 6.03. The lowest BCUT2D eigenvalue weighted by molar-refractivity contribution is -0.139. The number of carboxylic acids is 1. The highest BCUT2D eigenvalue weighted by Gasteiger charge is 2.37. The van der Waals surface area contributed by atoms with Gasteiger partial charge in [0.1, 0.15) is 29.6 Å². The summed E-state index contributed by atoms with van der Waals surface area (Å²) < 4.78 is 22.1. The number of carbonyl (C=O) groups excluding carboxylic acids is 4. The number of methoxy groups -OCH3 is 1. The van der Waals surface area contributed by atoms with E-state index in [9.17, 15) is 29.1 Å². The minimum atomic E-state index is -1.38. The van der Waals surface area contributed by atoms with Crippen molar-refractivity contribution >= 4 is 47.5 Å². The molecule has 2 aliphatic heterocycles. The van der Waals surface area contributed by atoms with Gasteiger partial charge in [0.2, 0.25) is 11.9 Å². The van der Waals surface area contributed by atoms with Gasteiger partial charge in [-0.15, -0.1) is 0 Å². The van der Waals surface area contributed by atoms with Gasteiger partial charge in [-0.1, -0.05) is 30.3 Å². The maximum absolute atomic E-state index is 13.3. The van der Waals surface area contributed by atoms with Gasteiger partial charge >= 0.3 is 24.2 Å². The maximum atomic E-state index is 13.3. The van der Waals surface area contributed by atoms with Gasteiger partial charge in [-0.2, -0.15) is 0 Å². The molecule has 0 saturated carbocycles. The molecule has 2 aliphatic rings. The molecule has 3 N–H and O–H groups in total. The molecule has 0 aliphatic carbocycles. The molecule has 0 bridgehead atoms. The summed E-state index contributed by atoms with van der Waals surface area (Å²) in [4.78, 5) is 73.4. The fourth-order valence-corrected chi connectivity index (χ4v) is 5.78. The standard InChI is InChI=1S/C38H52N6O10/c1-37(2,3)53-35(49)43-18-11-19-44(36(50)54-38(4,5)6)33(43)40-27-14-15-30(51-7)29(22-27)42-20-16-26(17-21-42)31(45)39-23-28(32(46)47)41-34(48)52-24-25-12-9-8-10-13-25/h8-10,12-15,22,26,28H,11,16-21,23-24H2,1-7H3,(H,39,45)(H,41,48)(H,46,47). The summed E-state index contributed by atoms with van der Waals surface area (Å²) in [6.45, 7) is 11.7. The molecular formula is C38H52N6O10. The molecule has 2 aromatic carbocycles. The average molecular weight is 753 g/mol. The summed E-state index contributed by atoms with van der Waals surface area (Å²) in [5.74, 6) is -1.40. The Morgan fingerprint density at radius 1 is 0.870 bits per heavy atom. The third-order valence-electron chi connectivity index (χ3n) is 8.36. The van der Waals surface area contributed by atoms with E-state index in [1.807, 2.05) is 6.07 Å². The normalized spacial score (nSPS) is 15.8. The van der Waals surface area contributed by atoms with Crippen LogP contribution in [0.25, 0.3) is 0 Å². The van der Waals surface area contributed by atoms with E-state index in [1.54, 1.807) is 91.1 Å². The number of hydrogen-bond donors (Lipinski definition) is 3. The zero-order valence-corrected chi connectivity index (χ0v) is 32.0. The number of amides is 4. The van der Waals surface area contributed by atoms with E-state index < -0.39 is 47.4 Å². The van der Waals surface area contributed by atoms with Crippen LogP contribution in [-0.2, 0) is 30.4 Å². The summed E-state index contributed by atoms with van der Waals surface area (Å²) in [5.41, 5.74) is 0.330. The topological polar surface area (TPSA) is 189 Å².